The molecule has 0 radical (unpaired) electrons. The van der Waals surface area contributed by atoms with Gasteiger partial charge in [-0.3, -0.25) is 9.59 Å². The van der Waals surface area contributed by atoms with Crippen molar-refractivity contribution < 1.29 is 4.79 Å². The van der Waals surface area contributed by atoms with Crippen molar-refractivity contribution in [2.75, 3.05) is 6.54 Å². The number of aromatic amines is 1. The van der Waals surface area contributed by atoms with Crippen molar-refractivity contribution in [3.63, 3.8) is 0 Å². The highest BCUT2D eigenvalue weighted by molar-refractivity contribution is 5.98. The number of H-pyrrole nitrogens is 1. The summed E-state index contributed by atoms with van der Waals surface area (Å²) in [4.78, 5) is 34.4. The SMILES string of the molecule is CCN(Cc1nc2ccccc2c(=O)[nH]1)C(=O)c1cc2ccccc2n1C. The fourth-order valence-electron chi connectivity index (χ4n) is 3.37. The molecular weight excluding hydrogens is 340 g/mol. The van der Waals surface area contributed by atoms with Gasteiger partial charge in [-0.25, -0.2) is 4.98 Å². The average Bonchev–Trinajstić information content (AvgIpc) is 3.02. The van der Waals surface area contributed by atoms with Crippen LogP contribution >= 0.6 is 0 Å². The Kier molecular flexibility index (Phi) is 4.24. The third kappa shape index (κ3) is 2.99. The number of benzene rings is 2. The Hall–Kier alpha value is -3.41. The molecule has 0 saturated heterocycles. The maximum absolute atomic E-state index is 13.1. The first-order valence-electron chi connectivity index (χ1n) is 8.90. The number of fused-ring (bicyclic) bond motifs is 2. The van der Waals surface area contributed by atoms with Gasteiger partial charge in [-0.15, -0.1) is 0 Å². The molecule has 27 heavy (non-hydrogen) atoms. The minimum absolute atomic E-state index is 0.0907. The lowest BCUT2D eigenvalue weighted by Gasteiger charge is -2.20. The lowest BCUT2D eigenvalue weighted by molar-refractivity contribution is 0.0739. The molecule has 0 atom stereocenters. The van der Waals surface area contributed by atoms with Gasteiger partial charge in [0.25, 0.3) is 11.5 Å². The average molecular weight is 360 g/mol. The van der Waals surface area contributed by atoms with Crippen molar-refractivity contribution in [2.24, 2.45) is 7.05 Å². The highest BCUT2D eigenvalue weighted by atomic mass is 16.2. The Balaban J connectivity index is 1.68. The Morgan fingerprint density at radius 3 is 2.67 bits per heavy atom. The van der Waals surface area contributed by atoms with Gasteiger partial charge >= 0.3 is 0 Å². The van der Waals surface area contributed by atoms with E-state index in [1.54, 1.807) is 23.1 Å². The molecule has 6 heteroatoms. The van der Waals surface area contributed by atoms with Gasteiger partial charge in [-0.2, -0.15) is 0 Å². The van der Waals surface area contributed by atoms with Crippen LogP contribution in [0.15, 0.2) is 59.4 Å². The summed E-state index contributed by atoms with van der Waals surface area (Å²) in [6, 6.07) is 17.0. The smallest absolute Gasteiger partial charge is 0.270 e. The standard InChI is InChI=1S/C21H20N4O2/c1-3-25(13-19-22-16-10-6-5-9-15(16)20(26)23-19)21(27)18-12-14-8-4-7-11-17(14)24(18)2/h4-12H,3,13H2,1-2H3,(H,22,23,26). The summed E-state index contributed by atoms with van der Waals surface area (Å²) in [5.74, 6) is 0.389. The van der Waals surface area contributed by atoms with Gasteiger partial charge in [-0.1, -0.05) is 30.3 Å². The number of amides is 1. The number of rotatable bonds is 4. The topological polar surface area (TPSA) is 71.0 Å². The van der Waals surface area contributed by atoms with Gasteiger partial charge in [0.1, 0.15) is 11.5 Å². The fourth-order valence-corrected chi connectivity index (χ4v) is 3.37. The van der Waals surface area contributed by atoms with Crippen LogP contribution in [0.25, 0.3) is 21.8 Å². The molecule has 0 spiro atoms. The van der Waals surface area contributed by atoms with Gasteiger partial charge in [0, 0.05) is 24.5 Å². The second-order valence-corrected chi connectivity index (χ2v) is 6.50. The Morgan fingerprint density at radius 1 is 1.15 bits per heavy atom. The predicted molar refractivity (Wildman–Crippen MR) is 106 cm³/mol. The van der Waals surface area contributed by atoms with Crippen LogP contribution in [0.5, 0.6) is 0 Å². The number of para-hydroxylation sites is 2. The fraction of sp³-hybridized carbons (Fsp3) is 0.190. The molecule has 2 heterocycles. The Morgan fingerprint density at radius 2 is 1.89 bits per heavy atom. The molecule has 2 aromatic carbocycles. The van der Waals surface area contributed by atoms with Crippen LogP contribution in [0.3, 0.4) is 0 Å². The number of aromatic nitrogens is 3. The highest BCUT2D eigenvalue weighted by Gasteiger charge is 2.20. The molecule has 0 saturated carbocycles. The number of nitrogens with one attached hydrogen (secondary N) is 1. The normalized spacial score (nSPS) is 11.2. The summed E-state index contributed by atoms with van der Waals surface area (Å²) < 4.78 is 1.90. The zero-order valence-electron chi connectivity index (χ0n) is 15.3. The maximum Gasteiger partial charge on any atom is 0.270 e. The molecule has 2 aromatic heterocycles. The summed E-state index contributed by atoms with van der Waals surface area (Å²) in [6.45, 7) is 2.67. The molecule has 1 N–H and O–H groups in total. The third-order valence-electron chi connectivity index (χ3n) is 4.84. The van der Waals surface area contributed by atoms with E-state index in [1.165, 1.54) is 0 Å². The first-order valence-corrected chi connectivity index (χ1v) is 8.90. The number of carbonyl (C=O) groups excluding carboxylic acids is 1. The summed E-state index contributed by atoms with van der Waals surface area (Å²) in [7, 11) is 1.89. The molecule has 0 fully saturated rings. The molecule has 0 unspecified atom stereocenters. The van der Waals surface area contributed by atoms with E-state index in [4.69, 9.17) is 0 Å². The zero-order chi connectivity index (χ0) is 19.0. The molecular formula is C21H20N4O2. The molecule has 4 rings (SSSR count). The molecule has 0 aliphatic carbocycles. The van der Waals surface area contributed by atoms with Crippen LogP contribution in [0.1, 0.15) is 23.2 Å². The molecule has 4 aromatic rings. The first kappa shape index (κ1) is 17.0. The molecule has 6 nitrogen and oxygen atoms in total. The van der Waals surface area contributed by atoms with Gasteiger partial charge in [-0.05, 0) is 31.2 Å². The van der Waals surface area contributed by atoms with Crippen LogP contribution in [0.2, 0.25) is 0 Å². The van der Waals surface area contributed by atoms with Crippen LogP contribution in [-0.2, 0) is 13.6 Å². The van der Waals surface area contributed by atoms with Crippen molar-refractivity contribution in [2.45, 2.75) is 13.5 Å². The van der Waals surface area contributed by atoms with E-state index in [2.05, 4.69) is 9.97 Å². The first-order chi connectivity index (χ1) is 13.1. The predicted octanol–water partition coefficient (Wildman–Crippen LogP) is 3.08. The van der Waals surface area contributed by atoms with E-state index in [0.717, 1.165) is 10.9 Å². The second-order valence-electron chi connectivity index (χ2n) is 6.50. The van der Waals surface area contributed by atoms with Crippen molar-refractivity contribution in [3.05, 3.63) is 76.5 Å². The molecule has 0 bridgehead atoms. The zero-order valence-corrected chi connectivity index (χ0v) is 15.3. The second kappa shape index (κ2) is 6.72. The lowest BCUT2D eigenvalue weighted by atomic mass is 10.2. The van der Waals surface area contributed by atoms with Crippen LogP contribution in [-0.4, -0.2) is 31.9 Å². The van der Waals surface area contributed by atoms with E-state index in [-0.39, 0.29) is 18.0 Å². The van der Waals surface area contributed by atoms with Crippen molar-refractivity contribution in [1.29, 1.82) is 0 Å². The third-order valence-corrected chi connectivity index (χ3v) is 4.84. The minimum atomic E-state index is -0.191. The van der Waals surface area contributed by atoms with Crippen molar-refractivity contribution >= 4 is 27.7 Å². The van der Waals surface area contributed by atoms with E-state index >= 15 is 0 Å². The van der Waals surface area contributed by atoms with E-state index in [1.807, 2.05) is 54.9 Å². The molecule has 136 valence electrons. The van der Waals surface area contributed by atoms with Gasteiger partial charge in [0.2, 0.25) is 0 Å². The molecule has 0 aliphatic heterocycles. The minimum Gasteiger partial charge on any atom is -0.340 e. The van der Waals surface area contributed by atoms with E-state index in [0.29, 0.717) is 29.0 Å². The number of carbonyl (C=O) groups is 1. The van der Waals surface area contributed by atoms with Gasteiger partial charge in [0.05, 0.1) is 17.4 Å². The van der Waals surface area contributed by atoms with E-state index in [9.17, 15) is 9.59 Å². The highest BCUT2D eigenvalue weighted by Crippen LogP contribution is 2.20. The van der Waals surface area contributed by atoms with Crippen LogP contribution in [0.4, 0.5) is 0 Å². The van der Waals surface area contributed by atoms with Crippen LogP contribution < -0.4 is 5.56 Å². The number of nitrogens with zero attached hydrogens (tertiary/aromatic N) is 3. The maximum atomic E-state index is 13.1. The quantitative estimate of drug-likeness (QED) is 0.608. The summed E-state index contributed by atoms with van der Waals surface area (Å²) in [5.41, 5.74) is 2.06. The molecule has 1 amide bonds. The van der Waals surface area contributed by atoms with Crippen molar-refractivity contribution in [3.8, 4) is 0 Å². The number of hydrogen-bond donors (Lipinski definition) is 1. The summed E-state index contributed by atoms with van der Waals surface area (Å²) >= 11 is 0. The lowest BCUT2D eigenvalue weighted by Crippen LogP contribution is -2.33. The largest absolute Gasteiger partial charge is 0.340 e. The Labute approximate surface area is 156 Å². The van der Waals surface area contributed by atoms with Gasteiger partial charge < -0.3 is 14.5 Å². The number of hydrogen-bond acceptors (Lipinski definition) is 3. The molecule has 0 aliphatic rings. The Bertz CT molecular complexity index is 1210. The van der Waals surface area contributed by atoms with E-state index < -0.39 is 0 Å². The van der Waals surface area contributed by atoms with Crippen molar-refractivity contribution in [1.82, 2.24) is 19.4 Å². The number of aryl methyl sites for hydroxylation is 1. The summed E-state index contributed by atoms with van der Waals surface area (Å²) in [6.07, 6.45) is 0. The summed E-state index contributed by atoms with van der Waals surface area (Å²) in [5, 5.41) is 1.57. The monoisotopic (exact) mass is 360 g/mol. The van der Waals surface area contributed by atoms with Gasteiger partial charge in [0.15, 0.2) is 0 Å². The van der Waals surface area contributed by atoms with Crippen LogP contribution in [0, 0.1) is 0 Å².